The minimum Gasteiger partial charge on any atom is -0.369 e. The number of rotatable bonds is 4. The Hall–Kier alpha value is -0.480. The Labute approximate surface area is 125 Å². The van der Waals surface area contributed by atoms with Crippen LogP contribution in [0.3, 0.4) is 0 Å². The smallest absolute Gasteiger partial charge is 0.145 e. The van der Waals surface area contributed by atoms with E-state index >= 15 is 0 Å². The van der Waals surface area contributed by atoms with Crippen LogP contribution in [0.2, 0.25) is 14.4 Å². The first-order valence-electron chi connectivity index (χ1n) is 5.47. The molecule has 0 bridgehead atoms. The second kappa shape index (κ2) is 6.11. The van der Waals surface area contributed by atoms with E-state index in [9.17, 15) is 0 Å². The van der Waals surface area contributed by atoms with Crippen molar-refractivity contribution >= 4 is 52.0 Å². The molecule has 6 heteroatoms. The third kappa shape index (κ3) is 3.09. The molecule has 0 aliphatic heterocycles. The van der Waals surface area contributed by atoms with Crippen molar-refractivity contribution in [3.05, 3.63) is 32.6 Å². The van der Waals surface area contributed by atoms with Crippen LogP contribution in [-0.2, 0) is 0 Å². The molecule has 0 aliphatic carbocycles. The minimum atomic E-state index is 0.528. The minimum absolute atomic E-state index is 0.528. The maximum absolute atomic E-state index is 6.17. The van der Waals surface area contributed by atoms with Crippen molar-refractivity contribution in [3.8, 4) is 10.6 Å². The summed E-state index contributed by atoms with van der Waals surface area (Å²) in [6, 6.07) is 5.43. The molecule has 0 aliphatic rings. The van der Waals surface area contributed by atoms with Gasteiger partial charge in [0, 0.05) is 6.54 Å². The maximum atomic E-state index is 6.17. The normalized spacial score (nSPS) is 10.7. The highest BCUT2D eigenvalue weighted by Crippen LogP contribution is 2.37. The number of nitrogens with one attached hydrogen (secondary N) is 1. The van der Waals surface area contributed by atoms with Crippen molar-refractivity contribution in [2.45, 2.75) is 13.3 Å². The second-order valence-corrected chi connectivity index (χ2v) is 6.21. The van der Waals surface area contributed by atoms with Gasteiger partial charge in [-0.1, -0.05) is 41.7 Å². The third-order valence-electron chi connectivity index (χ3n) is 2.28. The van der Waals surface area contributed by atoms with Gasteiger partial charge in [-0.2, -0.15) is 0 Å². The lowest BCUT2D eigenvalue weighted by atomic mass is 10.3. The first-order chi connectivity index (χ1) is 8.61. The molecule has 1 N–H and O–H groups in total. The summed E-state index contributed by atoms with van der Waals surface area (Å²) in [6.07, 6.45) is 1.00. The van der Waals surface area contributed by atoms with Crippen LogP contribution in [0.1, 0.15) is 13.3 Å². The van der Waals surface area contributed by atoms with Crippen molar-refractivity contribution in [3.63, 3.8) is 0 Å². The average Bonchev–Trinajstić information content (AvgIpc) is 2.74. The van der Waals surface area contributed by atoms with Crippen LogP contribution < -0.4 is 5.32 Å². The Morgan fingerprint density at radius 2 is 2.00 bits per heavy atom. The summed E-state index contributed by atoms with van der Waals surface area (Å²) in [5.74, 6) is 0.655. The average molecular weight is 322 g/mol. The SMILES string of the molecule is CCCNc1nc(-c2ccc(Cl)s2)c(Cl)cc1Cl. The largest absolute Gasteiger partial charge is 0.369 e. The Morgan fingerprint density at radius 3 is 2.61 bits per heavy atom. The first-order valence-corrected chi connectivity index (χ1v) is 7.42. The van der Waals surface area contributed by atoms with E-state index in [1.807, 2.05) is 12.1 Å². The van der Waals surface area contributed by atoms with Gasteiger partial charge in [-0.3, -0.25) is 0 Å². The molecular weight excluding hydrogens is 311 g/mol. The van der Waals surface area contributed by atoms with Crippen molar-refractivity contribution in [1.29, 1.82) is 0 Å². The molecule has 2 rings (SSSR count). The zero-order chi connectivity index (χ0) is 13.1. The highest BCUT2D eigenvalue weighted by molar-refractivity contribution is 7.19. The lowest BCUT2D eigenvalue weighted by Crippen LogP contribution is -2.03. The van der Waals surface area contributed by atoms with Gasteiger partial charge in [0.05, 0.1) is 19.3 Å². The van der Waals surface area contributed by atoms with Crippen LogP contribution >= 0.6 is 46.1 Å². The van der Waals surface area contributed by atoms with Gasteiger partial charge in [0.15, 0.2) is 0 Å². The molecule has 2 heterocycles. The lowest BCUT2D eigenvalue weighted by Gasteiger charge is -2.09. The van der Waals surface area contributed by atoms with E-state index in [1.54, 1.807) is 6.07 Å². The van der Waals surface area contributed by atoms with Gasteiger partial charge < -0.3 is 5.32 Å². The number of nitrogens with zero attached hydrogens (tertiary/aromatic N) is 1. The van der Waals surface area contributed by atoms with E-state index in [0.717, 1.165) is 17.8 Å². The molecule has 96 valence electrons. The molecule has 2 nitrogen and oxygen atoms in total. The number of halogens is 3. The second-order valence-electron chi connectivity index (χ2n) is 3.68. The highest BCUT2D eigenvalue weighted by Gasteiger charge is 2.12. The maximum Gasteiger partial charge on any atom is 0.145 e. The molecule has 0 amide bonds. The molecule has 0 unspecified atom stereocenters. The van der Waals surface area contributed by atoms with Crippen LogP contribution in [0.4, 0.5) is 5.82 Å². The third-order valence-corrected chi connectivity index (χ3v) is 4.09. The van der Waals surface area contributed by atoms with E-state index in [1.165, 1.54) is 11.3 Å². The van der Waals surface area contributed by atoms with Crippen molar-refractivity contribution in [1.82, 2.24) is 4.98 Å². The van der Waals surface area contributed by atoms with Gasteiger partial charge in [0.1, 0.15) is 11.5 Å². The lowest BCUT2D eigenvalue weighted by molar-refractivity contribution is 0.970. The summed E-state index contributed by atoms with van der Waals surface area (Å²) >= 11 is 19.6. The Kier molecular flexibility index (Phi) is 4.73. The molecule has 0 saturated carbocycles. The predicted molar refractivity (Wildman–Crippen MR) is 81.4 cm³/mol. The van der Waals surface area contributed by atoms with E-state index < -0.39 is 0 Å². The van der Waals surface area contributed by atoms with Crippen molar-refractivity contribution < 1.29 is 0 Å². The Bertz CT molecular complexity index is 554. The van der Waals surface area contributed by atoms with Gasteiger partial charge in [0.2, 0.25) is 0 Å². The predicted octanol–water partition coefficient (Wildman–Crippen LogP) is 5.59. The van der Waals surface area contributed by atoms with Crippen LogP contribution in [0.15, 0.2) is 18.2 Å². The van der Waals surface area contributed by atoms with Crippen molar-refractivity contribution in [2.75, 3.05) is 11.9 Å². The summed E-state index contributed by atoms with van der Waals surface area (Å²) in [4.78, 5) is 5.40. The number of aromatic nitrogens is 1. The number of thiophene rings is 1. The topological polar surface area (TPSA) is 24.9 Å². The summed E-state index contributed by atoms with van der Waals surface area (Å²) in [5.41, 5.74) is 0.705. The summed E-state index contributed by atoms with van der Waals surface area (Å²) in [6.45, 7) is 2.90. The zero-order valence-corrected chi connectivity index (χ0v) is 12.7. The summed E-state index contributed by atoms with van der Waals surface area (Å²) in [7, 11) is 0. The van der Waals surface area contributed by atoms with E-state index in [2.05, 4.69) is 17.2 Å². The quantitative estimate of drug-likeness (QED) is 0.793. The molecule has 18 heavy (non-hydrogen) atoms. The van der Waals surface area contributed by atoms with Gasteiger partial charge in [0.25, 0.3) is 0 Å². The molecule has 0 atom stereocenters. The number of anilines is 1. The molecule has 0 aromatic carbocycles. The van der Waals surface area contributed by atoms with E-state index in [0.29, 0.717) is 25.9 Å². The summed E-state index contributed by atoms with van der Waals surface area (Å²) in [5, 5.41) is 4.23. The number of hydrogen-bond acceptors (Lipinski definition) is 3. The van der Waals surface area contributed by atoms with E-state index in [4.69, 9.17) is 34.8 Å². The fourth-order valence-corrected chi connectivity index (χ4v) is 3.08. The molecule has 2 aromatic rings. The van der Waals surface area contributed by atoms with Crippen LogP contribution in [0, 0.1) is 0 Å². The molecule has 0 saturated heterocycles. The molecule has 0 spiro atoms. The molecule has 0 radical (unpaired) electrons. The Balaban J connectivity index is 2.41. The van der Waals surface area contributed by atoms with Crippen molar-refractivity contribution in [2.24, 2.45) is 0 Å². The summed E-state index contributed by atoms with van der Waals surface area (Å²) < 4.78 is 0.709. The van der Waals surface area contributed by atoms with Gasteiger partial charge >= 0.3 is 0 Å². The van der Waals surface area contributed by atoms with Gasteiger partial charge in [-0.25, -0.2) is 4.98 Å². The highest BCUT2D eigenvalue weighted by atomic mass is 35.5. The first kappa shape index (κ1) is 13.9. The van der Waals surface area contributed by atoms with E-state index in [-0.39, 0.29) is 0 Å². The fraction of sp³-hybridized carbons (Fsp3) is 0.250. The van der Waals surface area contributed by atoms with Gasteiger partial charge in [-0.15, -0.1) is 11.3 Å². The Morgan fingerprint density at radius 1 is 1.22 bits per heavy atom. The van der Waals surface area contributed by atoms with Crippen LogP contribution in [0.5, 0.6) is 0 Å². The molecule has 2 aromatic heterocycles. The standard InChI is InChI=1S/C12H11Cl3N2S/c1-2-5-16-12-8(14)6-7(13)11(17-12)9-3-4-10(15)18-9/h3-4,6H,2,5H2,1H3,(H,16,17). The molecular formula is C12H11Cl3N2S. The number of hydrogen-bond donors (Lipinski definition) is 1. The van der Waals surface area contributed by atoms with Crippen LogP contribution in [0.25, 0.3) is 10.6 Å². The van der Waals surface area contributed by atoms with Gasteiger partial charge in [-0.05, 0) is 24.6 Å². The monoisotopic (exact) mass is 320 g/mol. The molecule has 0 fully saturated rings. The zero-order valence-electron chi connectivity index (χ0n) is 9.64. The number of pyridine rings is 1. The fourth-order valence-electron chi connectivity index (χ4n) is 1.45. The van der Waals surface area contributed by atoms with Crippen LogP contribution in [-0.4, -0.2) is 11.5 Å².